The van der Waals surface area contributed by atoms with E-state index in [0.29, 0.717) is 0 Å². The third kappa shape index (κ3) is 5.15. The SMILES string of the molecule is CC1(C)c2cccc3c2N2c4c1cc(-c1ccccc1)cc4C(C)(C)c1cc(C4C=CC(N(c5ccc6ccccc6c5)c5ccc6ccccc6c5)=CC4)cc(c12)C3(C)C. The average molecular weight is 787 g/mol. The molecule has 296 valence electrons. The standard InChI is InChI=1S/C59H50N2/c1-57(2)48-21-14-22-49-54(48)61-55-50(57)33-43(37-15-8-7-9-16-37)34-52(55)59(5,6)53-36-44(35-51(56(53)61)58(49,3)4)40-23-27-45(28-24-40)60(46-29-25-38-17-10-12-19-41(38)31-46)47-30-26-39-18-11-13-20-42(39)32-47/h7-23,25-36,40H,24H2,1-6H3. The van der Waals surface area contributed by atoms with E-state index in [9.17, 15) is 0 Å². The van der Waals surface area contributed by atoms with Gasteiger partial charge in [0.25, 0.3) is 0 Å². The van der Waals surface area contributed by atoms with Crippen molar-refractivity contribution < 1.29 is 0 Å². The van der Waals surface area contributed by atoms with Crippen molar-refractivity contribution in [1.29, 1.82) is 0 Å². The fourth-order valence-corrected chi connectivity index (χ4v) is 11.4. The highest BCUT2D eigenvalue weighted by molar-refractivity contribution is 5.99. The maximum atomic E-state index is 2.69. The van der Waals surface area contributed by atoms with Crippen LogP contribution in [0.15, 0.2) is 182 Å². The molecule has 3 aliphatic heterocycles. The molecule has 0 aromatic heterocycles. The van der Waals surface area contributed by atoms with Gasteiger partial charge in [-0.05, 0) is 121 Å². The molecule has 2 nitrogen and oxygen atoms in total. The second-order valence-corrected chi connectivity index (χ2v) is 19.4. The molecule has 4 aliphatic rings. The monoisotopic (exact) mass is 786 g/mol. The first kappa shape index (κ1) is 36.2. The summed E-state index contributed by atoms with van der Waals surface area (Å²) in [4.78, 5) is 5.14. The Kier molecular flexibility index (Phi) is 7.54. The van der Waals surface area contributed by atoms with E-state index in [4.69, 9.17) is 0 Å². The van der Waals surface area contributed by atoms with Crippen LogP contribution in [0, 0.1) is 0 Å². The number of anilines is 5. The van der Waals surface area contributed by atoms with Gasteiger partial charge in [-0.2, -0.15) is 0 Å². The van der Waals surface area contributed by atoms with E-state index in [1.54, 1.807) is 0 Å². The maximum Gasteiger partial charge on any atom is 0.0544 e. The lowest BCUT2D eigenvalue weighted by Crippen LogP contribution is -2.43. The fourth-order valence-electron chi connectivity index (χ4n) is 11.4. The Bertz CT molecular complexity index is 3130. The smallest absolute Gasteiger partial charge is 0.0544 e. The predicted octanol–water partition coefficient (Wildman–Crippen LogP) is 15.8. The van der Waals surface area contributed by atoms with Crippen LogP contribution in [-0.4, -0.2) is 0 Å². The molecule has 0 N–H and O–H groups in total. The van der Waals surface area contributed by atoms with Gasteiger partial charge in [0.1, 0.15) is 0 Å². The highest BCUT2D eigenvalue weighted by atomic mass is 15.2. The Balaban J connectivity index is 1.01. The van der Waals surface area contributed by atoms with Crippen LogP contribution in [-0.2, 0) is 16.2 Å². The Morgan fingerprint density at radius 3 is 1.44 bits per heavy atom. The Labute approximate surface area is 360 Å². The van der Waals surface area contributed by atoms with Crippen molar-refractivity contribution in [2.75, 3.05) is 9.80 Å². The topological polar surface area (TPSA) is 6.48 Å². The molecule has 2 heteroatoms. The predicted molar refractivity (Wildman–Crippen MR) is 258 cm³/mol. The molecule has 0 bridgehead atoms. The van der Waals surface area contributed by atoms with Gasteiger partial charge in [-0.15, -0.1) is 0 Å². The molecule has 0 fully saturated rings. The lowest BCUT2D eigenvalue weighted by Gasteiger charge is -2.55. The summed E-state index contributed by atoms with van der Waals surface area (Å²) in [6, 6.07) is 59.3. The largest absolute Gasteiger partial charge is 0.311 e. The Morgan fingerprint density at radius 1 is 0.443 bits per heavy atom. The number of nitrogens with zero attached hydrogens (tertiary/aromatic N) is 2. The van der Waals surface area contributed by atoms with E-state index in [2.05, 4.69) is 227 Å². The number of para-hydroxylation sites is 1. The first-order valence-corrected chi connectivity index (χ1v) is 22.0. The minimum atomic E-state index is -0.232. The lowest BCUT2D eigenvalue weighted by atomic mass is 9.60. The van der Waals surface area contributed by atoms with Crippen LogP contribution in [0.25, 0.3) is 32.7 Å². The van der Waals surface area contributed by atoms with Crippen molar-refractivity contribution in [2.24, 2.45) is 0 Å². The number of hydrogen-bond acceptors (Lipinski definition) is 2. The quantitative estimate of drug-likeness (QED) is 0.171. The first-order valence-electron chi connectivity index (χ1n) is 22.0. The summed E-state index contributed by atoms with van der Waals surface area (Å²) < 4.78 is 0. The molecular formula is C59H50N2. The minimum absolute atomic E-state index is 0.164. The molecule has 0 saturated heterocycles. The third-order valence-electron chi connectivity index (χ3n) is 14.8. The maximum absolute atomic E-state index is 2.69. The Morgan fingerprint density at radius 2 is 0.918 bits per heavy atom. The van der Waals surface area contributed by atoms with Crippen LogP contribution in [0.3, 0.4) is 0 Å². The fraction of sp³-hybridized carbons (Fsp3) is 0.186. The molecule has 0 spiro atoms. The van der Waals surface area contributed by atoms with Gasteiger partial charge in [0.05, 0.1) is 17.1 Å². The summed E-state index contributed by atoms with van der Waals surface area (Å²) in [5.74, 6) is 0.243. The van der Waals surface area contributed by atoms with E-state index in [1.807, 2.05) is 0 Å². The molecule has 61 heavy (non-hydrogen) atoms. The molecule has 0 radical (unpaired) electrons. The van der Waals surface area contributed by atoms with E-state index in [0.717, 1.165) is 6.42 Å². The van der Waals surface area contributed by atoms with Crippen LogP contribution in [0.2, 0.25) is 0 Å². The van der Waals surface area contributed by atoms with Gasteiger partial charge in [-0.25, -0.2) is 0 Å². The molecule has 8 aromatic rings. The van der Waals surface area contributed by atoms with Crippen LogP contribution >= 0.6 is 0 Å². The van der Waals surface area contributed by atoms with E-state index >= 15 is 0 Å². The Hall–Kier alpha value is -6.64. The number of rotatable bonds is 5. The normalized spacial score (nSPS) is 18.2. The van der Waals surface area contributed by atoms with Gasteiger partial charge >= 0.3 is 0 Å². The average Bonchev–Trinajstić information content (AvgIpc) is 3.28. The van der Waals surface area contributed by atoms with Crippen molar-refractivity contribution in [1.82, 2.24) is 0 Å². The van der Waals surface area contributed by atoms with Gasteiger partial charge in [-0.3, -0.25) is 0 Å². The summed E-state index contributed by atoms with van der Waals surface area (Å²) in [5.41, 5.74) is 19.6. The van der Waals surface area contributed by atoms with Crippen LogP contribution < -0.4 is 9.80 Å². The van der Waals surface area contributed by atoms with Gasteiger partial charge in [0.15, 0.2) is 0 Å². The van der Waals surface area contributed by atoms with Gasteiger partial charge in [0.2, 0.25) is 0 Å². The summed E-state index contributed by atoms with van der Waals surface area (Å²) in [7, 11) is 0. The molecule has 12 rings (SSSR count). The zero-order chi connectivity index (χ0) is 41.4. The molecule has 1 unspecified atom stereocenters. The molecule has 1 atom stereocenters. The van der Waals surface area contributed by atoms with Crippen molar-refractivity contribution in [3.05, 3.63) is 221 Å². The molecule has 0 saturated carbocycles. The van der Waals surface area contributed by atoms with E-state index in [-0.39, 0.29) is 22.2 Å². The summed E-state index contributed by atoms with van der Waals surface area (Å²) in [5, 5.41) is 4.99. The molecule has 1 aliphatic carbocycles. The summed E-state index contributed by atoms with van der Waals surface area (Å²) >= 11 is 0. The van der Waals surface area contributed by atoms with Crippen LogP contribution in [0.4, 0.5) is 28.4 Å². The van der Waals surface area contributed by atoms with Crippen LogP contribution in [0.5, 0.6) is 0 Å². The zero-order valence-corrected chi connectivity index (χ0v) is 35.9. The molecule has 3 heterocycles. The molecular weight excluding hydrogens is 737 g/mol. The van der Waals surface area contributed by atoms with Crippen molar-refractivity contribution in [3.8, 4) is 11.1 Å². The molecule has 0 amide bonds. The van der Waals surface area contributed by atoms with Crippen molar-refractivity contribution in [2.45, 2.75) is 70.1 Å². The number of benzene rings is 8. The van der Waals surface area contributed by atoms with Crippen LogP contribution in [0.1, 0.15) is 92.8 Å². The number of fused-ring (bicyclic) bond motifs is 2. The summed E-state index contributed by atoms with van der Waals surface area (Å²) in [6.07, 6.45) is 8.24. The van der Waals surface area contributed by atoms with E-state index in [1.165, 1.54) is 106 Å². The van der Waals surface area contributed by atoms with E-state index < -0.39 is 0 Å². The highest BCUT2D eigenvalue weighted by Gasteiger charge is 2.52. The van der Waals surface area contributed by atoms with Gasteiger partial charge < -0.3 is 9.80 Å². The van der Waals surface area contributed by atoms with Gasteiger partial charge in [0, 0.05) is 39.2 Å². The second kappa shape index (κ2) is 12.7. The first-order chi connectivity index (χ1) is 29.5. The third-order valence-corrected chi connectivity index (χ3v) is 14.8. The van der Waals surface area contributed by atoms with Crippen molar-refractivity contribution in [3.63, 3.8) is 0 Å². The second-order valence-electron chi connectivity index (χ2n) is 19.4. The lowest BCUT2D eigenvalue weighted by molar-refractivity contribution is 0.565. The number of hydrogen-bond donors (Lipinski definition) is 0. The molecule has 8 aromatic carbocycles. The number of allylic oxidation sites excluding steroid dienone is 3. The van der Waals surface area contributed by atoms with Crippen molar-refractivity contribution >= 4 is 50.0 Å². The van der Waals surface area contributed by atoms with Gasteiger partial charge in [-0.1, -0.05) is 175 Å². The summed E-state index contributed by atoms with van der Waals surface area (Å²) in [6.45, 7) is 14.8. The zero-order valence-electron chi connectivity index (χ0n) is 35.9. The highest BCUT2D eigenvalue weighted by Crippen LogP contribution is 2.66. The minimum Gasteiger partial charge on any atom is -0.311 e.